The van der Waals surface area contributed by atoms with Crippen molar-refractivity contribution in [3.63, 3.8) is 0 Å². The minimum Gasteiger partial charge on any atom is -0.360 e. The van der Waals surface area contributed by atoms with E-state index in [4.69, 9.17) is 0 Å². The molecule has 0 radical (unpaired) electrons. The standard InChI is InChI=1S/C50H44F6N4O2/c1-3-5-11-31-17-25-36(26-18-31)59-46(58-44-16-10-7-13-38(44)47(59)61)34-22-28-42(50(54,55)56)41(29-34)40-30-37(27-21-32(40)12-6-4-2)60-45(33-19-23-35(24-20-33)49(51,52)53)57-43-15-9-8-14-39(43)48(60)62/h7-10,13-30,45-46,57-58H,3-6,11-12H2,1-2H3/t45-,46+/m1/s1. The number of para-hydroxylation sites is 2. The van der Waals surface area contributed by atoms with Crippen molar-refractivity contribution in [2.24, 2.45) is 0 Å². The van der Waals surface area contributed by atoms with Gasteiger partial charge in [-0.15, -0.1) is 0 Å². The van der Waals surface area contributed by atoms with E-state index < -0.39 is 41.7 Å². The highest BCUT2D eigenvalue weighted by molar-refractivity contribution is 6.13. The maximum Gasteiger partial charge on any atom is 0.417 e. The summed E-state index contributed by atoms with van der Waals surface area (Å²) in [5, 5.41) is 6.73. The fourth-order valence-electron chi connectivity index (χ4n) is 8.32. The van der Waals surface area contributed by atoms with Crippen molar-refractivity contribution in [3.8, 4) is 11.1 Å². The number of rotatable bonds is 11. The fourth-order valence-corrected chi connectivity index (χ4v) is 8.32. The van der Waals surface area contributed by atoms with Crippen LogP contribution in [0.5, 0.6) is 0 Å². The van der Waals surface area contributed by atoms with Crippen LogP contribution in [0, 0.1) is 0 Å². The highest BCUT2D eigenvalue weighted by Gasteiger charge is 2.40. The van der Waals surface area contributed by atoms with Crippen molar-refractivity contribution in [1.29, 1.82) is 0 Å². The van der Waals surface area contributed by atoms with Crippen LogP contribution in [0.15, 0.2) is 133 Å². The lowest BCUT2D eigenvalue weighted by Crippen LogP contribution is -2.43. The summed E-state index contributed by atoms with van der Waals surface area (Å²) in [7, 11) is 0. The number of amides is 2. The second kappa shape index (κ2) is 17.1. The molecule has 0 aliphatic carbocycles. The number of unbranched alkanes of at least 4 members (excludes halogenated alkanes) is 2. The fraction of sp³-hybridized carbons (Fsp3) is 0.240. The zero-order valence-electron chi connectivity index (χ0n) is 34.1. The van der Waals surface area contributed by atoms with E-state index in [0.29, 0.717) is 52.2 Å². The Morgan fingerprint density at radius 2 is 1.05 bits per heavy atom. The predicted octanol–water partition coefficient (Wildman–Crippen LogP) is 13.6. The van der Waals surface area contributed by atoms with Crippen LogP contribution >= 0.6 is 0 Å². The molecular formula is C50H44F6N4O2. The monoisotopic (exact) mass is 846 g/mol. The molecule has 2 amide bonds. The van der Waals surface area contributed by atoms with Gasteiger partial charge in [-0.3, -0.25) is 19.4 Å². The van der Waals surface area contributed by atoms with Crippen LogP contribution in [0.2, 0.25) is 0 Å². The van der Waals surface area contributed by atoms with E-state index in [1.165, 1.54) is 29.2 Å². The normalized spacial score (nSPS) is 16.4. The van der Waals surface area contributed by atoms with Gasteiger partial charge < -0.3 is 10.6 Å². The number of carbonyl (C=O) groups excluding carboxylic acids is 2. The molecular weight excluding hydrogens is 803 g/mol. The molecule has 8 rings (SSSR count). The summed E-state index contributed by atoms with van der Waals surface area (Å²) in [5.74, 6) is -0.801. The van der Waals surface area contributed by atoms with Gasteiger partial charge in [-0.05, 0) is 132 Å². The number of hydrogen-bond donors (Lipinski definition) is 2. The van der Waals surface area contributed by atoms with Gasteiger partial charge in [0.15, 0.2) is 0 Å². The number of anilines is 4. The molecule has 6 nitrogen and oxygen atoms in total. The third kappa shape index (κ3) is 8.25. The molecule has 62 heavy (non-hydrogen) atoms. The van der Waals surface area contributed by atoms with Crippen molar-refractivity contribution in [1.82, 2.24) is 0 Å². The average molecular weight is 847 g/mol. The van der Waals surface area contributed by atoms with E-state index in [1.54, 1.807) is 71.6 Å². The van der Waals surface area contributed by atoms with Crippen LogP contribution in [0.1, 0.15) is 106 Å². The first kappa shape index (κ1) is 42.1. The Bertz CT molecular complexity index is 2610. The number of nitrogens with zero attached hydrogens (tertiary/aromatic N) is 2. The van der Waals surface area contributed by atoms with Crippen LogP contribution in [0.25, 0.3) is 11.1 Å². The molecule has 0 saturated heterocycles. The highest BCUT2D eigenvalue weighted by Crippen LogP contribution is 2.45. The van der Waals surface area contributed by atoms with Gasteiger partial charge in [0, 0.05) is 22.7 Å². The van der Waals surface area contributed by atoms with Crippen molar-refractivity contribution < 1.29 is 35.9 Å². The number of aryl methyl sites for hydroxylation is 2. The van der Waals surface area contributed by atoms with Crippen LogP contribution < -0.4 is 20.4 Å². The number of carbonyl (C=O) groups is 2. The minimum absolute atomic E-state index is 0.144. The lowest BCUT2D eigenvalue weighted by atomic mass is 9.89. The Balaban J connectivity index is 1.29. The first-order chi connectivity index (χ1) is 29.8. The van der Waals surface area contributed by atoms with Crippen molar-refractivity contribution in [3.05, 3.63) is 178 Å². The molecule has 0 bridgehead atoms. The largest absolute Gasteiger partial charge is 0.417 e. The van der Waals surface area contributed by atoms with E-state index in [-0.39, 0.29) is 28.3 Å². The SMILES string of the molecule is CCCCc1ccc(N2C(=O)c3ccccc3N[C@@H]2c2ccc(C(F)(F)F)c(-c3cc(N4C(=O)c5ccccc5N[C@H]4c4ccc(C(F)(F)F)cc4)ccc3CCCC)c2)cc1. The Hall–Kier alpha value is -6.56. The van der Waals surface area contributed by atoms with Gasteiger partial charge in [0.1, 0.15) is 12.3 Å². The van der Waals surface area contributed by atoms with Gasteiger partial charge in [0.05, 0.1) is 22.3 Å². The average Bonchev–Trinajstić information content (AvgIpc) is 3.27. The van der Waals surface area contributed by atoms with Crippen molar-refractivity contribution in [2.75, 3.05) is 20.4 Å². The molecule has 6 aromatic rings. The third-order valence-corrected chi connectivity index (χ3v) is 11.6. The highest BCUT2D eigenvalue weighted by atomic mass is 19.4. The molecule has 2 N–H and O–H groups in total. The van der Waals surface area contributed by atoms with Crippen LogP contribution in [0.4, 0.5) is 49.1 Å². The second-order valence-electron chi connectivity index (χ2n) is 15.7. The number of halogens is 6. The Labute approximate surface area is 356 Å². The minimum atomic E-state index is -4.80. The zero-order valence-corrected chi connectivity index (χ0v) is 34.1. The molecule has 0 aromatic heterocycles. The van der Waals surface area contributed by atoms with Gasteiger partial charge in [0.2, 0.25) is 0 Å². The van der Waals surface area contributed by atoms with E-state index in [1.807, 2.05) is 31.2 Å². The second-order valence-corrected chi connectivity index (χ2v) is 15.7. The van der Waals surface area contributed by atoms with Gasteiger partial charge in [-0.25, -0.2) is 0 Å². The number of alkyl halides is 6. The third-order valence-electron chi connectivity index (χ3n) is 11.6. The molecule has 0 fully saturated rings. The summed E-state index contributed by atoms with van der Waals surface area (Å²) in [6, 6.07) is 34.7. The first-order valence-corrected chi connectivity index (χ1v) is 20.8. The van der Waals surface area contributed by atoms with Gasteiger partial charge >= 0.3 is 12.4 Å². The molecule has 2 heterocycles. The number of hydrogen-bond acceptors (Lipinski definition) is 4. The van der Waals surface area contributed by atoms with Gasteiger partial charge in [0.25, 0.3) is 11.8 Å². The lowest BCUT2D eigenvalue weighted by molar-refractivity contribution is -0.138. The number of benzene rings is 6. The van der Waals surface area contributed by atoms with Gasteiger partial charge in [-0.1, -0.05) is 87.4 Å². The van der Waals surface area contributed by atoms with E-state index in [0.717, 1.165) is 49.4 Å². The molecule has 0 saturated carbocycles. The topological polar surface area (TPSA) is 64.7 Å². The van der Waals surface area contributed by atoms with Crippen LogP contribution in [0.3, 0.4) is 0 Å². The molecule has 12 heteroatoms. The molecule has 2 aliphatic rings. The summed E-state index contributed by atoms with van der Waals surface area (Å²) >= 11 is 0. The number of nitrogens with one attached hydrogen (secondary N) is 2. The molecule has 2 aliphatic heterocycles. The van der Waals surface area contributed by atoms with Crippen LogP contribution in [-0.4, -0.2) is 11.8 Å². The molecule has 318 valence electrons. The Morgan fingerprint density at radius 1 is 0.516 bits per heavy atom. The summed E-state index contributed by atoms with van der Waals surface area (Å²) < 4.78 is 86.7. The van der Waals surface area contributed by atoms with E-state index in [2.05, 4.69) is 17.6 Å². The smallest absolute Gasteiger partial charge is 0.360 e. The summed E-state index contributed by atoms with van der Waals surface area (Å²) in [6.07, 6.45) is -6.57. The van der Waals surface area contributed by atoms with E-state index >= 15 is 13.2 Å². The quantitative estimate of drug-likeness (QED) is 0.128. The molecule has 0 spiro atoms. The van der Waals surface area contributed by atoms with Crippen LogP contribution in [-0.2, 0) is 25.2 Å². The van der Waals surface area contributed by atoms with Gasteiger partial charge in [-0.2, -0.15) is 26.3 Å². The Kier molecular flexibility index (Phi) is 11.6. The van der Waals surface area contributed by atoms with Crippen molar-refractivity contribution in [2.45, 2.75) is 77.1 Å². The van der Waals surface area contributed by atoms with Crippen molar-refractivity contribution >= 4 is 34.6 Å². The summed E-state index contributed by atoms with van der Waals surface area (Å²) in [4.78, 5) is 31.8. The lowest BCUT2D eigenvalue weighted by Gasteiger charge is -2.39. The molecule has 0 unspecified atom stereocenters. The molecule has 6 aromatic carbocycles. The summed E-state index contributed by atoms with van der Waals surface area (Å²) in [5.41, 5.74) is 3.28. The maximum atomic E-state index is 15.3. The molecule has 2 atom stereocenters. The predicted molar refractivity (Wildman–Crippen MR) is 231 cm³/mol. The first-order valence-electron chi connectivity index (χ1n) is 20.8. The maximum absolute atomic E-state index is 15.3. The summed E-state index contributed by atoms with van der Waals surface area (Å²) in [6.45, 7) is 4.09. The Morgan fingerprint density at radius 3 is 1.63 bits per heavy atom. The number of fused-ring (bicyclic) bond motifs is 2. The zero-order chi connectivity index (χ0) is 43.8. The van der Waals surface area contributed by atoms with E-state index in [9.17, 15) is 22.8 Å².